The van der Waals surface area contributed by atoms with Crippen molar-refractivity contribution in [1.82, 2.24) is 10.6 Å². The van der Waals surface area contributed by atoms with Crippen molar-refractivity contribution >= 4 is 5.91 Å². The Morgan fingerprint density at radius 2 is 2.05 bits per heavy atom. The van der Waals surface area contributed by atoms with E-state index in [-0.39, 0.29) is 18.0 Å². The predicted molar refractivity (Wildman–Crippen MR) is 72.7 cm³/mol. The first kappa shape index (κ1) is 12.6. The zero-order valence-electron chi connectivity index (χ0n) is 11.2. The number of hydrogen-bond donors (Lipinski definition) is 2. The Balaban J connectivity index is 1.55. The fourth-order valence-electron chi connectivity index (χ4n) is 2.82. The molecule has 1 aliphatic heterocycles. The molecule has 1 heterocycles. The molecule has 0 saturated heterocycles. The summed E-state index contributed by atoms with van der Waals surface area (Å²) in [4.78, 5) is 12.2. The summed E-state index contributed by atoms with van der Waals surface area (Å²) in [5.41, 5.74) is 2.58. The number of carbonyl (C=O) groups is 1. The number of nitrogens with one attached hydrogen (secondary N) is 2. The molecule has 2 aliphatic rings. The van der Waals surface area contributed by atoms with Crippen molar-refractivity contribution in [1.29, 1.82) is 0 Å². The molecule has 4 heteroatoms. The van der Waals surface area contributed by atoms with Crippen LogP contribution in [-0.4, -0.2) is 31.2 Å². The average Bonchev–Trinajstić information content (AvgIpc) is 2.41. The normalized spacial score (nSPS) is 29.2. The summed E-state index contributed by atoms with van der Waals surface area (Å²) in [7, 11) is 1.72. The first-order valence-electron chi connectivity index (χ1n) is 6.89. The number of ether oxygens (including phenoxy) is 1. The molecule has 1 atom stereocenters. The fourth-order valence-corrected chi connectivity index (χ4v) is 2.82. The van der Waals surface area contributed by atoms with Crippen LogP contribution in [0.5, 0.6) is 0 Å². The number of benzene rings is 1. The van der Waals surface area contributed by atoms with E-state index in [1.807, 2.05) is 12.1 Å². The molecule has 0 unspecified atom stereocenters. The van der Waals surface area contributed by atoms with Crippen LogP contribution in [0.1, 0.15) is 24.0 Å². The van der Waals surface area contributed by atoms with Gasteiger partial charge in [0.05, 0.1) is 12.1 Å². The van der Waals surface area contributed by atoms with Gasteiger partial charge in [0.25, 0.3) is 0 Å². The molecule has 0 radical (unpaired) electrons. The largest absolute Gasteiger partial charge is 0.381 e. The quantitative estimate of drug-likeness (QED) is 0.852. The van der Waals surface area contributed by atoms with Gasteiger partial charge in [-0.2, -0.15) is 0 Å². The van der Waals surface area contributed by atoms with Crippen LogP contribution in [0.25, 0.3) is 0 Å². The summed E-state index contributed by atoms with van der Waals surface area (Å²) >= 11 is 0. The molecular weight excluding hydrogens is 240 g/mol. The van der Waals surface area contributed by atoms with E-state index in [1.165, 1.54) is 11.1 Å². The van der Waals surface area contributed by atoms with Gasteiger partial charge in [0.2, 0.25) is 5.91 Å². The van der Waals surface area contributed by atoms with Crippen LogP contribution < -0.4 is 10.6 Å². The van der Waals surface area contributed by atoms with Gasteiger partial charge in [-0.3, -0.25) is 4.79 Å². The molecule has 1 aromatic carbocycles. The van der Waals surface area contributed by atoms with E-state index in [2.05, 4.69) is 22.8 Å². The van der Waals surface area contributed by atoms with Gasteiger partial charge in [0.15, 0.2) is 0 Å². The van der Waals surface area contributed by atoms with Crippen LogP contribution in [0.3, 0.4) is 0 Å². The summed E-state index contributed by atoms with van der Waals surface area (Å²) in [6.07, 6.45) is 2.98. The van der Waals surface area contributed by atoms with Crippen LogP contribution in [-0.2, 0) is 22.5 Å². The van der Waals surface area contributed by atoms with Crippen molar-refractivity contribution < 1.29 is 9.53 Å². The maximum atomic E-state index is 12.2. The van der Waals surface area contributed by atoms with Gasteiger partial charge in [-0.05, 0) is 30.4 Å². The second-order valence-corrected chi connectivity index (χ2v) is 5.44. The van der Waals surface area contributed by atoms with Crippen LogP contribution in [0.2, 0.25) is 0 Å². The minimum Gasteiger partial charge on any atom is -0.381 e. The zero-order valence-corrected chi connectivity index (χ0v) is 11.2. The van der Waals surface area contributed by atoms with Crippen molar-refractivity contribution in [3.8, 4) is 0 Å². The Labute approximate surface area is 113 Å². The van der Waals surface area contributed by atoms with E-state index in [4.69, 9.17) is 4.74 Å². The van der Waals surface area contributed by atoms with E-state index >= 15 is 0 Å². The van der Waals surface area contributed by atoms with E-state index in [1.54, 1.807) is 7.11 Å². The van der Waals surface area contributed by atoms with E-state index in [0.717, 1.165) is 25.8 Å². The van der Waals surface area contributed by atoms with Crippen LogP contribution in [0.4, 0.5) is 0 Å². The molecule has 19 heavy (non-hydrogen) atoms. The molecular formula is C15H20N2O2. The van der Waals surface area contributed by atoms with Gasteiger partial charge >= 0.3 is 0 Å². The molecule has 102 valence electrons. The lowest BCUT2D eigenvalue weighted by Crippen LogP contribution is -2.54. The molecule has 2 N–H and O–H groups in total. The minimum absolute atomic E-state index is 0.100. The van der Waals surface area contributed by atoms with Crippen LogP contribution >= 0.6 is 0 Å². The zero-order chi connectivity index (χ0) is 13.2. The van der Waals surface area contributed by atoms with Crippen molar-refractivity contribution in [2.24, 2.45) is 0 Å². The average molecular weight is 260 g/mol. The van der Waals surface area contributed by atoms with Gasteiger partial charge in [-0.1, -0.05) is 24.3 Å². The molecule has 0 aromatic heterocycles. The van der Waals surface area contributed by atoms with Gasteiger partial charge in [-0.15, -0.1) is 0 Å². The standard InChI is InChI=1S/C15H20N2O2/c1-19-13-7-12(8-13)17-15(18)14-6-10-4-2-3-5-11(10)9-16-14/h2-5,12-14,16H,6-9H2,1H3,(H,17,18)/t12?,13?,14-/m0/s1. The number of methoxy groups -OCH3 is 1. The Morgan fingerprint density at radius 1 is 1.32 bits per heavy atom. The summed E-state index contributed by atoms with van der Waals surface area (Å²) in [6, 6.07) is 8.49. The van der Waals surface area contributed by atoms with Crippen molar-refractivity contribution in [2.75, 3.05) is 7.11 Å². The van der Waals surface area contributed by atoms with Crippen LogP contribution in [0, 0.1) is 0 Å². The topological polar surface area (TPSA) is 50.4 Å². The third kappa shape index (κ3) is 2.65. The molecule has 4 nitrogen and oxygen atoms in total. The minimum atomic E-state index is -0.100. The van der Waals surface area contributed by atoms with Crippen molar-refractivity contribution in [3.05, 3.63) is 35.4 Å². The third-order valence-electron chi connectivity index (χ3n) is 4.17. The number of hydrogen-bond acceptors (Lipinski definition) is 3. The molecule has 1 aromatic rings. The van der Waals surface area contributed by atoms with Gasteiger partial charge in [0.1, 0.15) is 0 Å². The highest BCUT2D eigenvalue weighted by molar-refractivity contribution is 5.82. The second-order valence-electron chi connectivity index (χ2n) is 5.44. The molecule has 0 spiro atoms. The lowest BCUT2D eigenvalue weighted by atomic mass is 9.88. The van der Waals surface area contributed by atoms with E-state index < -0.39 is 0 Å². The molecule has 0 bridgehead atoms. The maximum Gasteiger partial charge on any atom is 0.237 e. The first-order valence-corrected chi connectivity index (χ1v) is 6.89. The fraction of sp³-hybridized carbons (Fsp3) is 0.533. The van der Waals surface area contributed by atoms with Crippen LogP contribution in [0.15, 0.2) is 24.3 Å². The van der Waals surface area contributed by atoms with Gasteiger partial charge in [-0.25, -0.2) is 0 Å². The van der Waals surface area contributed by atoms with Gasteiger partial charge in [0, 0.05) is 19.7 Å². The summed E-state index contributed by atoms with van der Waals surface area (Å²) in [5, 5.41) is 6.41. The van der Waals surface area contributed by atoms with Gasteiger partial charge < -0.3 is 15.4 Å². The van der Waals surface area contributed by atoms with Crippen molar-refractivity contribution in [3.63, 3.8) is 0 Å². The summed E-state index contributed by atoms with van der Waals surface area (Å²) in [6.45, 7) is 0.777. The summed E-state index contributed by atoms with van der Waals surface area (Å²) < 4.78 is 5.22. The molecule has 3 rings (SSSR count). The summed E-state index contributed by atoms with van der Waals surface area (Å²) in [5.74, 6) is 0.119. The molecule has 1 amide bonds. The third-order valence-corrected chi connectivity index (χ3v) is 4.17. The molecule has 1 fully saturated rings. The SMILES string of the molecule is COC1CC(NC(=O)[C@@H]2Cc3ccccc3CN2)C1. The van der Waals surface area contributed by atoms with E-state index in [0.29, 0.717) is 6.10 Å². The predicted octanol–water partition coefficient (Wildman–Crippen LogP) is 0.994. The number of fused-ring (bicyclic) bond motifs is 1. The molecule has 1 aliphatic carbocycles. The number of amides is 1. The smallest absolute Gasteiger partial charge is 0.237 e. The van der Waals surface area contributed by atoms with Crippen molar-refractivity contribution in [2.45, 2.75) is 44.0 Å². The highest BCUT2D eigenvalue weighted by Gasteiger charge is 2.32. The monoisotopic (exact) mass is 260 g/mol. The Kier molecular flexibility index (Phi) is 3.53. The number of carbonyl (C=O) groups excluding carboxylic acids is 1. The van der Waals surface area contributed by atoms with E-state index in [9.17, 15) is 4.79 Å². The highest BCUT2D eigenvalue weighted by Crippen LogP contribution is 2.23. The first-order chi connectivity index (χ1) is 9.26. The highest BCUT2D eigenvalue weighted by atomic mass is 16.5. The Hall–Kier alpha value is -1.39. The Morgan fingerprint density at radius 3 is 2.79 bits per heavy atom. The number of rotatable bonds is 3. The second kappa shape index (κ2) is 5.31. The lowest BCUT2D eigenvalue weighted by molar-refractivity contribution is -0.125. The lowest BCUT2D eigenvalue weighted by Gasteiger charge is -2.36. The molecule has 1 saturated carbocycles. The maximum absolute atomic E-state index is 12.2. The Bertz CT molecular complexity index is 469.